The third kappa shape index (κ3) is 4.63. The molecule has 1 aromatic heterocycles. The molecular weight excluding hydrogens is 436 g/mol. The van der Waals surface area contributed by atoms with Crippen LogP contribution in [0.5, 0.6) is 0 Å². The van der Waals surface area contributed by atoms with Crippen LogP contribution in [0.1, 0.15) is 27.8 Å². The van der Waals surface area contributed by atoms with Crippen LogP contribution in [0.4, 0.5) is 5.82 Å². The van der Waals surface area contributed by atoms with Crippen molar-refractivity contribution in [1.82, 2.24) is 14.8 Å². The molecule has 2 amide bonds. The summed E-state index contributed by atoms with van der Waals surface area (Å²) in [5, 5.41) is 5.45. The van der Waals surface area contributed by atoms with E-state index < -0.39 is 0 Å². The first kappa shape index (κ1) is 23.0. The maximum absolute atomic E-state index is 12.8. The van der Waals surface area contributed by atoms with Crippen molar-refractivity contribution in [3.8, 4) is 0 Å². The zero-order valence-corrected chi connectivity index (χ0v) is 19.6. The molecule has 0 saturated carbocycles. The Labute approximate surface area is 199 Å². The Balaban J connectivity index is 0.00000259. The third-order valence-corrected chi connectivity index (χ3v) is 6.27. The molecule has 5 rings (SSSR count). The average molecular weight is 463 g/mol. The SMILES string of the molecule is CN1CC(=O)Nc2ncc(/C=C/C(=O)N(C)Cc3ccc4c5c(cccc35)CC4)cc2C1.Cl. The van der Waals surface area contributed by atoms with E-state index in [2.05, 4.69) is 40.6 Å². The van der Waals surface area contributed by atoms with Crippen molar-refractivity contribution < 1.29 is 9.59 Å². The maximum Gasteiger partial charge on any atom is 0.246 e. The minimum Gasteiger partial charge on any atom is -0.338 e. The van der Waals surface area contributed by atoms with E-state index in [9.17, 15) is 9.59 Å². The summed E-state index contributed by atoms with van der Waals surface area (Å²) in [5.74, 6) is 0.461. The second-order valence-electron chi connectivity index (χ2n) is 8.75. The molecule has 2 aliphatic rings. The van der Waals surface area contributed by atoms with Crippen molar-refractivity contribution in [2.75, 3.05) is 26.0 Å². The molecule has 33 heavy (non-hydrogen) atoms. The molecule has 2 heterocycles. The number of nitrogens with zero attached hydrogens (tertiary/aromatic N) is 3. The highest BCUT2D eigenvalue weighted by Crippen LogP contribution is 2.33. The number of hydrogen-bond acceptors (Lipinski definition) is 4. The van der Waals surface area contributed by atoms with Gasteiger partial charge in [-0.1, -0.05) is 30.3 Å². The van der Waals surface area contributed by atoms with Crippen molar-refractivity contribution in [1.29, 1.82) is 0 Å². The predicted octanol–water partition coefficient (Wildman–Crippen LogP) is 3.81. The van der Waals surface area contributed by atoms with Gasteiger partial charge in [-0.2, -0.15) is 0 Å². The zero-order chi connectivity index (χ0) is 22.2. The second kappa shape index (κ2) is 9.33. The van der Waals surface area contributed by atoms with Gasteiger partial charge < -0.3 is 10.2 Å². The van der Waals surface area contributed by atoms with Gasteiger partial charge in [0, 0.05) is 38.0 Å². The molecule has 0 saturated heterocycles. The van der Waals surface area contributed by atoms with E-state index in [-0.39, 0.29) is 24.2 Å². The van der Waals surface area contributed by atoms with Gasteiger partial charge in [0.25, 0.3) is 0 Å². The van der Waals surface area contributed by atoms with Crippen LogP contribution in [0.3, 0.4) is 0 Å². The molecule has 7 heteroatoms. The van der Waals surface area contributed by atoms with E-state index in [0.29, 0.717) is 25.5 Å². The van der Waals surface area contributed by atoms with Crippen molar-refractivity contribution in [2.45, 2.75) is 25.9 Å². The first-order valence-electron chi connectivity index (χ1n) is 10.9. The van der Waals surface area contributed by atoms with Gasteiger partial charge in [-0.05, 0) is 65.1 Å². The lowest BCUT2D eigenvalue weighted by atomic mass is 9.99. The molecule has 3 aromatic rings. The van der Waals surface area contributed by atoms with E-state index in [1.807, 2.05) is 25.1 Å². The zero-order valence-electron chi connectivity index (χ0n) is 18.8. The fourth-order valence-corrected chi connectivity index (χ4v) is 4.69. The Hall–Kier alpha value is -3.22. The van der Waals surface area contributed by atoms with Gasteiger partial charge in [-0.3, -0.25) is 14.5 Å². The number of hydrogen-bond donors (Lipinski definition) is 1. The fourth-order valence-electron chi connectivity index (χ4n) is 4.69. The molecule has 1 aliphatic heterocycles. The lowest BCUT2D eigenvalue weighted by Gasteiger charge is -2.17. The monoisotopic (exact) mass is 462 g/mol. The predicted molar refractivity (Wildman–Crippen MR) is 133 cm³/mol. The van der Waals surface area contributed by atoms with Crippen LogP contribution in [0.2, 0.25) is 0 Å². The standard InChI is InChI=1S/C26H26N4O2.ClH/c1-29-14-21-12-17(13-27-26(21)28-23(31)16-29)6-11-24(32)30(2)15-20-10-9-19-8-7-18-4-3-5-22(20)25(18)19;/h3-6,9-13H,7-8,14-16H2,1-2H3,(H,27,28,31);1H/b11-6+;. The summed E-state index contributed by atoms with van der Waals surface area (Å²) >= 11 is 0. The smallest absolute Gasteiger partial charge is 0.246 e. The molecule has 0 atom stereocenters. The van der Waals surface area contributed by atoms with Gasteiger partial charge in [0.1, 0.15) is 5.82 Å². The number of rotatable bonds is 4. The van der Waals surface area contributed by atoms with Crippen molar-refractivity contribution in [3.05, 3.63) is 76.5 Å². The number of halogens is 1. The number of benzene rings is 2. The summed E-state index contributed by atoms with van der Waals surface area (Å²) in [6.07, 6.45) is 7.25. The molecule has 6 nitrogen and oxygen atoms in total. The number of likely N-dealkylation sites (N-methyl/N-ethyl adjacent to an activating group) is 2. The van der Waals surface area contributed by atoms with E-state index in [1.54, 1.807) is 23.2 Å². The summed E-state index contributed by atoms with van der Waals surface area (Å²) in [4.78, 5) is 32.7. The summed E-state index contributed by atoms with van der Waals surface area (Å²) in [7, 11) is 3.73. The number of aryl methyl sites for hydroxylation is 2. The van der Waals surface area contributed by atoms with Crippen LogP contribution in [0.15, 0.2) is 48.7 Å². The van der Waals surface area contributed by atoms with E-state index >= 15 is 0 Å². The Kier molecular flexibility index (Phi) is 6.49. The number of carbonyl (C=O) groups is 2. The maximum atomic E-state index is 12.8. The highest BCUT2D eigenvalue weighted by Gasteiger charge is 2.18. The van der Waals surface area contributed by atoms with E-state index in [1.165, 1.54) is 27.5 Å². The van der Waals surface area contributed by atoms with Crippen LogP contribution in [0, 0.1) is 0 Å². The highest BCUT2D eigenvalue weighted by molar-refractivity contribution is 5.95. The number of nitrogens with one attached hydrogen (secondary N) is 1. The van der Waals surface area contributed by atoms with Crippen molar-refractivity contribution in [2.24, 2.45) is 0 Å². The number of aromatic nitrogens is 1. The van der Waals surface area contributed by atoms with Gasteiger partial charge >= 0.3 is 0 Å². The summed E-state index contributed by atoms with van der Waals surface area (Å²) in [6.45, 7) is 1.52. The number of carbonyl (C=O) groups excluding carboxylic acids is 2. The number of fused-ring (bicyclic) bond motifs is 1. The van der Waals surface area contributed by atoms with Gasteiger partial charge in [0.05, 0.1) is 6.54 Å². The quantitative estimate of drug-likeness (QED) is 0.599. The van der Waals surface area contributed by atoms with Crippen molar-refractivity contribution in [3.63, 3.8) is 0 Å². The molecule has 0 unspecified atom stereocenters. The van der Waals surface area contributed by atoms with Crippen LogP contribution < -0.4 is 5.32 Å². The van der Waals surface area contributed by atoms with E-state index in [4.69, 9.17) is 0 Å². The Morgan fingerprint density at radius 2 is 1.94 bits per heavy atom. The average Bonchev–Trinajstić information content (AvgIpc) is 3.13. The van der Waals surface area contributed by atoms with Crippen LogP contribution in [0.25, 0.3) is 16.8 Å². The molecular formula is C26H27ClN4O2. The van der Waals surface area contributed by atoms with Gasteiger partial charge in [-0.25, -0.2) is 4.98 Å². The van der Waals surface area contributed by atoms with Crippen LogP contribution >= 0.6 is 12.4 Å². The lowest BCUT2D eigenvalue weighted by molar-refractivity contribution is -0.125. The van der Waals surface area contributed by atoms with Crippen LogP contribution in [-0.2, 0) is 35.5 Å². The third-order valence-electron chi connectivity index (χ3n) is 6.27. The minimum absolute atomic E-state index is 0. The van der Waals surface area contributed by atoms with Crippen LogP contribution in [-0.4, -0.2) is 47.2 Å². The summed E-state index contributed by atoms with van der Waals surface area (Å²) in [5.41, 5.74) is 5.76. The van der Waals surface area contributed by atoms with Gasteiger partial charge in [-0.15, -0.1) is 12.4 Å². The first-order chi connectivity index (χ1) is 15.5. The largest absolute Gasteiger partial charge is 0.338 e. The normalized spacial score (nSPS) is 15.2. The summed E-state index contributed by atoms with van der Waals surface area (Å²) in [6, 6.07) is 12.8. The van der Waals surface area contributed by atoms with Crippen molar-refractivity contribution >= 4 is 46.9 Å². The molecule has 1 aliphatic carbocycles. The number of amides is 2. The molecule has 0 fully saturated rings. The molecule has 0 bridgehead atoms. The number of anilines is 1. The lowest BCUT2D eigenvalue weighted by Crippen LogP contribution is -2.26. The van der Waals surface area contributed by atoms with E-state index in [0.717, 1.165) is 24.0 Å². The number of pyridine rings is 1. The minimum atomic E-state index is -0.0677. The Morgan fingerprint density at radius 3 is 2.76 bits per heavy atom. The molecule has 0 radical (unpaired) electrons. The fraction of sp³-hybridized carbons (Fsp3) is 0.269. The molecule has 1 N–H and O–H groups in total. The molecule has 0 spiro atoms. The first-order valence-corrected chi connectivity index (χ1v) is 10.9. The van der Waals surface area contributed by atoms with Gasteiger partial charge in [0.2, 0.25) is 11.8 Å². The topological polar surface area (TPSA) is 65.5 Å². The Bertz CT molecular complexity index is 1260. The van der Waals surface area contributed by atoms with Gasteiger partial charge in [0.15, 0.2) is 0 Å². The highest BCUT2D eigenvalue weighted by atomic mass is 35.5. The Morgan fingerprint density at radius 1 is 1.15 bits per heavy atom. The second-order valence-corrected chi connectivity index (χ2v) is 8.75. The molecule has 170 valence electrons. The summed E-state index contributed by atoms with van der Waals surface area (Å²) < 4.78 is 0. The molecule has 2 aromatic carbocycles.